The molecule has 0 aliphatic rings. The van der Waals surface area contributed by atoms with Gasteiger partial charge in [-0.3, -0.25) is 4.99 Å². The van der Waals surface area contributed by atoms with Gasteiger partial charge in [0.1, 0.15) is 0 Å². The monoisotopic (exact) mass is 311 g/mol. The molecule has 1 aromatic heterocycles. The Bertz CT molecular complexity index is 1010. The van der Waals surface area contributed by atoms with Crippen LogP contribution in [0.25, 0.3) is 22.2 Å². The molecular formula is C21H17N3. The first-order chi connectivity index (χ1) is 11.8. The quantitative estimate of drug-likeness (QED) is 0.490. The van der Waals surface area contributed by atoms with Crippen LogP contribution in [0.2, 0.25) is 0 Å². The van der Waals surface area contributed by atoms with Crippen molar-refractivity contribution in [3.63, 3.8) is 0 Å². The molecule has 0 fully saturated rings. The van der Waals surface area contributed by atoms with Crippen LogP contribution in [0, 0.1) is 0 Å². The predicted octanol–water partition coefficient (Wildman–Crippen LogP) is 4.99. The molecule has 0 atom stereocenters. The summed E-state index contributed by atoms with van der Waals surface area (Å²) in [6, 6.07) is 26.6. The fraction of sp³-hybridized carbons (Fsp3) is 0.0476. The molecule has 3 heteroatoms. The molecule has 0 unspecified atom stereocenters. The van der Waals surface area contributed by atoms with Gasteiger partial charge in [-0.05, 0) is 23.8 Å². The normalized spacial score (nSPS) is 11.4. The number of benzene rings is 3. The van der Waals surface area contributed by atoms with Gasteiger partial charge in [0.05, 0.1) is 22.9 Å². The molecule has 3 nitrogen and oxygen atoms in total. The second-order valence-corrected chi connectivity index (χ2v) is 5.66. The zero-order valence-electron chi connectivity index (χ0n) is 13.4. The van der Waals surface area contributed by atoms with Crippen molar-refractivity contribution in [3.8, 4) is 11.1 Å². The van der Waals surface area contributed by atoms with Crippen molar-refractivity contribution >= 4 is 22.9 Å². The molecule has 0 amide bonds. The molecule has 0 aliphatic heterocycles. The second kappa shape index (κ2) is 6.13. The lowest BCUT2D eigenvalue weighted by atomic mass is 10.0. The van der Waals surface area contributed by atoms with Crippen LogP contribution in [-0.4, -0.2) is 15.8 Å². The summed E-state index contributed by atoms with van der Waals surface area (Å²) in [5, 5.41) is 0. The summed E-state index contributed by atoms with van der Waals surface area (Å²) in [6.45, 7) is 0. The lowest BCUT2D eigenvalue weighted by Crippen LogP contribution is -1.95. The maximum Gasteiger partial charge on any atom is 0.152 e. The van der Waals surface area contributed by atoms with E-state index in [9.17, 15) is 0 Å². The number of rotatable bonds is 3. The van der Waals surface area contributed by atoms with Crippen LogP contribution in [0.4, 0.5) is 5.69 Å². The third kappa shape index (κ3) is 2.61. The van der Waals surface area contributed by atoms with Crippen molar-refractivity contribution in [2.75, 3.05) is 0 Å². The van der Waals surface area contributed by atoms with Gasteiger partial charge in [-0.1, -0.05) is 60.7 Å². The number of hydrogen-bond donors (Lipinski definition) is 0. The zero-order chi connectivity index (χ0) is 16.4. The van der Waals surface area contributed by atoms with Gasteiger partial charge in [0, 0.05) is 12.6 Å². The van der Waals surface area contributed by atoms with E-state index in [1.165, 1.54) is 0 Å². The molecule has 3 aromatic carbocycles. The van der Waals surface area contributed by atoms with Gasteiger partial charge in [0.15, 0.2) is 5.82 Å². The Balaban J connectivity index is 1.75. The minimum Gasteiger partial charge on any atom is -0.326 e. The van der Waals surface area contributed by atoms with E-state index in [1.54, 1.807) is 0 Å². The molecule has 0 bridgehead atoms. The van der Waals surface area contributed by atoms with Crippen LogP contribution in [-0.2, 0) is 7.05 Å². The molecule has 4 aromatic rings. The summed E-state index contributed by atoms with van der Waals surface area (Å²) in [6.07, 6.45) is 1.84. The Morgan fingerprint density at radius 1 is 0.833 bits per heavy atom. The van der Waals surface area contributed by atoms with E-state index in [1.807, 2.05) is 67.9 Å². The van der Waals surface area contributed by atoms with Crippen molar-refractivity contribution in [3.05, 3.63) is 84.7 Å². The number of nitrogens with zero attached hydrogens (tertiary/aromatic N) is 3. The number of aryl methyl sites for hydroxylation is 1. The number of aliphatic imine (C=N–C) groups is 1. The standard InChI is InChI=1S/C21H17N3/c1-24-20-14-8-7-13-19(20)23-21(24)15-22-18-12-6-5-11-17(18)16-9-3-2-4-10-16/h2-15H,1H3/b22-15+. The first-order valence-corrected chi connectivity index (χ1v) is 7.93. The molecule has 0 radical (unpaired) electrons. The summed E-state index contributed by atoms with van der Waals surface area (Å²) in [5.74, 6) is 0.846. The molecule has 1 heterocycles. The van der Waals surface area contributed by atoms with Crippen LogP contribution in [0.15, 0.2) is 83.9 Å². The first kappa shape index (κ1) is 14.4. The van der Waals surface area contributed by atoms with Crippen LogP contribution in [0.5, 0.6) is 0 Å². The van der Waals surface area contributed by atoms with Gasteiger partial charge >= 0.3 is 0 Å². The Kier molecular flexibility index (Phi) is 3.67. The van der Waals surface area contributed by atoms with Crippen molar-refractivity contribution in [2.45, 2.75) is 0 Å². The SMILES string of the molecule is Cn1c(/C=N/c2ccccc2-c2ccccc2)nc2ccccc21. The highest BCUT2D eigenvalue weighted by Gasteiger charge is 2.06. The largest absolute Gasteiger partial charge is 0.326 e. The molecule has 0 saturated heterocycles. The molecular weight excluding hydrogens is 294 g/mol. The fourth-order valence-electron chi connectivity index (χ4n) is 2.85. The van der Waals surface area contributed by atoms with E-state index in [0.29, 0.717) is 0 Å². The van der Waals surface area contributed by atoms with Crippen molar-refractivity contribution in [1.82, 2.24) is 9.55 Å². The van der Waals surface area contributed by atoms with Crippen molar-refractivity contribution in [2.24, 2.45) is 12.0 Å². The Hall–Kier alpha value is -3.20. The number of hydrogen-bond acceptors (Lipinski definition) is 2. The average Bonchev–Trinajstić information content (AvgIpc) is 2.97. The Morgan fingerprint density at radius 2 is 1.54 bits per heavy atom. The number of aromatic nitrogens is 2. The molecule has 116 valence electrons. The Labute approximate surface area is 140 Å². The smallest absolute Gasteiger partial charge is 0.152 e. The number of imidazole rings is 1. The summed E-state index contributed by atoms with van der Waals surface area (Å²) >= 11 is 0. The molecule has 0 spiro atoms. The highest BCUT2D eigenvalue weighted by Crippen LogP contribution is 2.29. The van der Waals surface area contributed by atoms with Gasteiger partial charge in [-0.25, -0.2) is 4.98 Å². The summed E-state index contributed by atoms with van der Waals surface area (Å²) in [4.78, 5) is 9.34. The number of fused-ring (bicyclic) bond motifs is 1. The van der Waals surface area contributed by atoms with Gasteiger partial charge in [-0.2, -0.15) is 0 Å². The van der Waals surface area contributed by atoms with Crippen molar-refractivity contribution < 1.29 is 0 Å². The molecule has 24 heavy (non-hydrogen) atoms. The first-order valence-electron chi connectivity index (χ1n) is 7.93. The maximum atomic E-state index is 4.70. The van der Waals surface area contributed by atoms with Crippen LogP contribution in [0.1, 0.15) is 5.82 Å². The summed E-state index contributed by atoms with van der Waals surface area (Å²) < 4.78 is 2.06. The molecule has 0 aliphatic carbocycles. The predicted molar refractivity (Wildman–Crippen MR) is 99.8 cm³/mol. The van der Waals surface area contributed by atoms with E-state index in [4.69, 9.17) is 4.99 Å². The van der Waals surface area contributed by atoms with E-state index in [-0.39, 0.29) is 0 Å². The van der Waals surface area contributed by atoms with Crippen LogP contribution >= 0.6 is 0 Å². The maximum absolute atomic E-state index is 4.70. The summed E-state index contributed by atoms with van der Waals surface area (Å²) in [7, 11) is 2.01. The van der Waals surface area contributed by atoms with E-state index >= 15 is 0 Å². The lowest BCUT2D eigenvalue weighted by molar-refractivity contribution is 0.935. The van der Waals surface area contributed by atoms with Crippen molar-refractivity contribution in [1.29, 1.82) is 0 Å². The lowest BCUT2D eigenvalue weighted by Gasteiger charge is -2.05. The third-order valence-corrected chi connectivity index (χ3v) is 4.13. The highest BCUT2D eigenvalue weighted by molar-refractivity contribution is 5.88. The molecule has 4 rings (SSSR count). The molecule has 0 N–H and O–H groups in total. The minimum atomic E-state index is 0.846. The van der Waals surface area contributed by atoms with E-state index in [0.717, 1.165) is 33.7 Å². The summed E-state index contributed by atoms with van der Waals surface area (Å²) in [5.41, 5.74) is 5.31. The third-order valence-electron chi connectivity index (χ3n) is 4.13. The fourth-order valence-corrected chi connectivity index (χ4v) is 2.85. The topological polar surface area (TPSA) is 30.2 Å². The van der Waals surface area contributed by atoms with Gasteiger partial charge in [0.25, 0.3) is 0 Å². The average molecular weight is 311 g/mol. The highest BCUT2D eigenvalue weighted by atomic mass is 15.1. The van der Waals surface area contributed by atoms with E-state index < -0.39 is 0 Å². The van der Waals surface area contributed by atoms with Crippen LogP contribution in [0.3, 0.4) is 0 Å². The Morgan fingerprint density at radius 3 is 2.38 bits per heavy atom. The van der Waals surface area contributed by atoms with Gasteiger partial charge < -0.3 is 4.57 Å². The number of para-hydroxylation sites is 3. The minimum absolute atomic E-state index is 0.846. The second-order valence-electron chi connectivity index (χ2n) is 5.66. The van der Waals surface area contributed by atoms with E-state index in [2.05, 4.69) is 33.8 Å². The zero-order valence-corrected chi connectivity index (χ0v) is 13.4. The van der Waals surface area contributed by atoms with Gasteiger partial charge in [0.2, 0.25) is 0 Å². The van der Waals surface area contributed by atoms with Crippen LogP contribution < -0.4 is 0 Å². The van der Waals surface area contributed by atoms with Gasteiger partial charge in [-0.15, -0.1) is 0 Å². The molecule has 0 saturated carbocycles.